The minimum atomic E-state index is -0.0787. The molecule has 1 spiro atoms. The largest absolute Gasteiger partial charge is 0.354 e. The summed E-state index contributed by atoms with van der Waals surface area (Å²) in [6, 6.07) is 12.5. The lowest BCUT2D eigenvalue weighted by molar-refractivity contribution is -0.125. The third kappa shape index (κ3) is 5.55. The van der Waals surface area contributed by atoms with Crippen LogP contribution in [0.5, 0.6) is 0 Å². The van der Waals surface area contributed by atoms with Gasteiger partial charge in [0.2, 0.25) is 5.91 Å². The maximum atomic E-state index is 13.0. The topological polar surface area (TPSA) is 52.7 Å². The predicted octanol–water partition coefficient (Wildman–Crippen LogP) is 4.31. The number of nitrogens with zero attached hydrogens (tertiary/aromatic N) is 2. The zero-order valence-corrected chi connectivity index (χ0v) is 19.0. The molecule has 0 radical (unpaired) electrons. The number of carbonyl (C=O) groups excluding carboxylic acids is 2. The van der Waals surface area contributed by atoms with Gasteiger partial charge in [0.25, 0.3) is 5.91 Å². The Hall–Kier alpha value is -2.18. The number of benzene rings is 1. The van der Waals surface area contributed by atoms with Crippen LogP contribution < -0.4 is 5.32 Å². The third-order valence-corrected chi connectivity index (χ3v) is 7.46. The Morgan fingerprint density at radius 1 is 1.00 bits per heavy atom. The Labute approximate surface area is 189 Å². The van der Waals surface area contributed by atoms with Crippen LogP contribution in [-0.4, -0.2) is 53.3 Å². The van der Waals surface area contributed by atoms with Gasteiger partial charge in [-0.05, 0) is 36.3 Å². The Kier molecular flexibility index (Phi) is 7.41. The van der Waals surface area contributed by atoms with E-state index in [0.29, 0.717) is 26.1 Å². The zero-order valence-electron chi connectivity index (χ0n) is 18.2. The van der Waals surface area contributed by atoms with Gasteiger partial charge < -0.3 is 10.2 Å². The number of hydrogen-bond acceptors (Lipinski definition) is 4. The Bertz CT molecular complexity index is 847. The van der Waals surface area contributed by atoms with Gasteiger partial charge in [-0.2, -0.15) is 11.3 Å². The van der Waals surface area contributed by atoms with Gasteiger partial charge in [-0.3, -0.25) is 14.5 Å². The first-order valence-corrected chi connectivity index (χ1v) is 12.5. The molecular weight excluding hydrogens is 406 g/mol. The molecule has 1 saturated carbocycles. The number of hydrogen-bond donors (Lipinski definition) is 1. The molecule has 1 saturated heterocycles. The van der Waals surface area contributed by atoms with Crippen LogP contribution in [-0.2, 0) is 11.3 Å². The smallest absolute Gasteiger partial charge is 0.254 e. The van der Waals surface area contributed by atoms with Crippen molar-refractivity contribution in [1.29, 1.82) is 0 Å². The first kappa shape index (κ1) is 22.0. The monoisotopic (exact) mass is 439 g/mol. The van der Waals surface area contributed by atoms with Crippen LogP contribution in [0.25, 0.3) is 0 Å². The molecule has 0 unspecified atom stereocenters. The lowest BCUT2D eigenvalue weighted by atomic mass is 9.77. The highest BCUT2D eigenvalue weighted by atomic mass is 32.1. The molecule has 2 heterocycles. The van der Waals surface area contributed by atoms with Gasteiger partial charge in [0.1, 0.15) is 0 Å². The molecule has 2 fully saturated rings. The second-order valence-electron chi connectivity index (χ2n) is 8.88. The molecular formula is C25H33N3O2S. The van der Waals surface area contributed by atoms with Gasteiger partial charge >= 0.3 is 0 Å². The highest BCUT2D eigenvalue weighted by molar-refractivity contribution is 7.08. The fraction of sp³-hybridized carbons (Fsp3) is 0.520. The number of amides is 2. The molecule has 166 valence electrons. The van der Waals surface area contributed by atoms with E-state index in [0.717, 1.165) is 37.9 Å². The first-order valence-electron chi connectivity index (χ1n) is 11.5. The molecule has 1 aliphatic carbocycles. The van der Waals surface area contributed by atoms with Crippen molar-refractivity contribution < 1.29 is 9.59 Å². The second-order valence-corrected chi connectivity index (χ2v) is 9.66. The number of thiophene rings is 1. The molecule has 2 aromatic rings. The molecule has 1 aromatic carbocycles. The number of nitrogens with one attached hydrogen (secondary N) is 1. The van der Waals surface area contributed by atoms with Crippen molar-refractivity contribution in [3.8, 4) is 0 Å². The Morgan fingerprint density at radius 2 is 1.81 bits per heavy atom. The standard InChI is InChI=1S/C25H33N3O2S/c29-23-18-25(11-5-2-6-12-25)28(19-21-8-3-1-4-9-21)15-7-14-27(16-13-26-23)24(30)22-10-17-31-20-22/h1,3-4,8-10,17,20H,2,5-7,11-16,18-19H2,(H,26,29). The normalized spacial score (nSPS) is 20.8. The summed E-state index contributed by atoms with van der Waals surface area (Å²) in [7, 11) is 0. The SMILES string of the molecule is O=C1CC2(CCCCC2)N(Cc2ccccc2)CCCN(C(=O)c2ccsc2)CCN1. The van der Waals surface area contributed by atoms with Gasteiger partial charge in [0.15, 0.2) is 0 Å². The van der Waals surface area contributed by atoms with Crippen molar-refractivity contribution in [2.24, 2.45) is 0 Å². The molecule has 0 bridgehead atoms. The van der Waals surface area contributed by atoms with E-state index >= 15 is 0 Å². The van der Waals surface area contributed by atoms with E-state index in [1.807, 2.05) is 27.8 Å². The van der Waals surface area contributed by atoms with Gasteiger partial charge in [0, 0.05) is 50.1 Å². The van der Waals surface area contributed by atoms with Crippen molar-refractivity contribution in [3.63, 3.8) is 0 Å². The lowest BCUT2D eigenvalue weighted by Gasteiger charge is -2.46. The predicted molar refractivity (Wildman–Crippen MR) is 125 cm³/mol. The van der Waals surface area contributed by atoms with Crippen molar-refractivity contribution in [2.45, 2.75) is 57.0 Å². The van der Waals surface area contributed by atoms with Gasteiger partial charge in [-0.1, -0.05) is 49.6 Å². The molecule has 1 aliphatic heterocycles. The van der Waals surface area contributed by atoms with Crippen molar-refractivity contribution in [1.82, 2.24) is 15.1 Å². The van der Waals surface area contributed by atoms with E-state index in [9.17, 15) is 9.59 Å². The first-order chi connectivity index (χ1) is 15.2. The summed E-state index contributed by atoms with van der Waals surface area (Å²) >= 11 is 1.54. The number of rotatable bonds is 3. The summed E-state index contributed by atoms with van der Waals surface area (Å²) < 4.78 is 0. The average molecular weight is 440 g/mol. The van der Waals surface area contributed by atoms with Crippen molar-refractivity contribution in [3.05, 3.63) is 58.3 Å². The minimum Gasteiger partial charge on any atom is -0.354 e. The maximum absolute atomic E-state index is 13.0. The van der Waals surface area contributed by atoms with Crippen LogP contribution in [0.4, 0.5) is 0 Å². The summed E-state index contributed by atoms with van der Waals surface area (Å²) in [4.78, 5) is 30.4. The summed E-state index contributed by atoms with van der Waals surface area (Å²) in [5.41, 5.74) is 1.95. The molecule has 1 aromatic heterocycles. The van der Waals surface area contributed by atoms with Crippen LogP contribution in [0.15, 0.2) is 47.2 Å². The molecule has 2 aliphatic rings. The summed E-state index contributed by atoms with van der Waals surface area (Å²) in [6.07, 6.45) is 7.24. The van der Waals surface area contributed by atoms with E-state index < -0.39 is 0 Å². The van der Waals surface area contributed by atoms with Crippen LogP contribution in [0.1, 0.15) is 60.9 Å². The molecule has 6 heteroatoms. The molecule has 4 rings (SSSR count). The lowest BCUT2D eigenvalue weighted by Crippen LogP contribution is -2.52. The molecule has 31 heavy (non-hydrogen) atoms. The summed E-state index contributed by atoms with van der Waals surface area (Å²) in [5, 5.41) is 6.96. The molecule has 0 atom stereocenters. The van der Waals surface area contributed by atoms with E-state index in [2.05, 4.69) is 34.5 Å². The Morgan fingerprint density at radius 3 is 2.55 bits per heavy atom. The van der Waals surface area contributed by atoms with Crippen LogP contribution in [0.3, 0.4) is 0 Å². The van der Waals surface area contributed by atoms with Gasteiger partial charge in [-0.25, -0.2) is 0 Å². The minimum absolute atomic E-state index is 0.0664. The van der Waals surface area contributed by atoms with Crippen LogP contribution in [0.2, 0.25) is 0 Å². The second kappa shape index (κ2) is 10.4. The highest BCUT2D eigenvalue weighted by Gasteiger charge is 2.40. The van der Waals surface area contributed by atoms with E-state index in [4.69, 9.17) is 0 Å². The molecule has 2 amide bonds. The van der Waals surface area contributed by atoms with E-state index in [1.54, 1.807) is 11.3 Å². The van der Waals surface area contributed by atoms with Gasteiger partial charge in [0.05, 0.1) is 5.56 Å². The molecule has 5 nitrogen and oxygen atoms in total. The highest BCUT2D eigenvalue weighted by Crippen LogP contribution is 2.38. The average Bonchev–Trinajstić information content (AvgIpc) is 3.32. The number of carbonyl (C=O) groups is 2. The zero-order chi connectivity index (χ0) is 21.5. The van der Waals surface area contributed by atoms with Crippen LogP contribution in [0, 0.1) is 0 Å². The van der Waals surface area contributed by atoms with E-state index in [1.165, 1.54) is 24.8 Å². The fourth-order valence-electron chi connectivity index (χ4n) is 5.13. The Balaban J connectivity index is 1.55. The summed E-state index contributed by atoms with van der Waals surface area (Å²) in [6.45, 7) is 3.55. The molecule has 1 N–H and O–H groups in total. The quantitative estimate of drug-likeness (QED) is 0.776. The third-order valence-electron chi connectivity index (χ3n) is 6.78. The van der Waals surface area contributed by atoms with E-state index in [-0.39, 0.29) is 17.4 Å². The van der Waals surface area contributed by atoms with Crippen LogP contribution >= 0.6 is 11.3 Å². The maximum Gasteiger partial charge on any atom is 0.254 e. The van der Waals surface area contributed by atoms with Crippen molar-refractivity contribution >= 4 is 23.2 Å². The fourth-order valence-corrected chi connectivity index (χ4v) is 5.76. The summed E-state index contributed by atoms with van der Waals surface area (Å²) in [5.74, 6) is 0.182. The van der Waals surface area contributed by atoms with Gasteiger partial charge in [-0.15, -0.1) is 0 Å². The van der Waals surface area contributed by atoms with Crippen molar-refractivity contribution in [2.75, 3.05) is 26.2 Å².